The van der Waals surface area contributed by atoms with E-state index in [2.05, 4.69) is 5.32 Å². The van der Waals surface area contributed by atoms with Gasteiger partial charge >= 0.3 is 0 Å². The topological polar surface area (TPSA) is 56.1 Å². The van der Waals surface area contributed by atoms with Gasteiger partial charge in [-0.1, -0.05) is 41.9 Å². The third-order valence-electron chi connectivity index (χ3n) is 4.72. The van der Waals surface area contributed by atoms with Gasteiger partial charge in [0.25, 0.3) is 5.91 Å². The number of methoxy groups -OCH3 is 1. The molecule has 150 valence electrons. The lowest BCUT2D eigenvalue weighted by molar-refractivity contribution is 0.0951. The van der Waals surface area contributed by atoms with Crippen molar-refractivity contribution >= 4 is 17.5 Å². The zero-order valence-electron chi connectivity index (χ0n) is 16.4. The summed E-state index contributed by atoms with van der Waals surface area (Å²) in [6.07, 6.45) is 1.94. The SMILES string of the molecule is COc1ccc(C(=O)NCc2cn(-c3ccccc3)nc2-c2ccc(Cl)cc2)cc1. The predicted molar refractivity (Wildman–Crippen MR) is 118 cm³/mol. The molecule has 6 heteroatoms. The number of carbonyl (C=O) groups is 1. The second-order valence-electron chi connectivity index (χ2n) is 6.70. The van der Waals surface area contributed by atoms with E-state index in [1.54, 1.807) is 31.4 Å². The Bertz CT molecular complexity index is 1140. The van der Waals surface area contributed by atoms with E-state index in [0.29, 0.717) is 22.9 Å². The molecule has 0 saturated heterocycles. The molecule has 1 aromatic heterocycles. The van der Waals surface area contributed by atoms with Crippen molar-refractivity contribution in [2.24, 2.45) is 0 Å². The van der Waals surface area contributed by atoms with Crippen LogP contribution >= 0.6 is 11.6 Å². The number of benzene rings is 3. The first-order chi connectivity index (χ1) is 14.6. The smallest absolute Gasteiger partial charge is 0.251 e. The van der Waals surface area contributed by atoms with Crippen LogP contribution in [0.3, 0.4) is 0 Å². The molecule has 30 heavy (non-hydrogen) atoms. The molecule has 0 fully saturated rings. The molecule has 0 aliphatic rings. The Kier molecular flexibility index (Phi) is 5.82. The van der Waals surface area contributed by atoms with Crippen LogP contribution in [0, 0.1) is 0 Å². The number of hydrogen-bond donors (Lipinski definition) is 1. The lowest BCUT2D eigenvalue weighted by Gasteiger charge is -2.07. The van der Waals surface area contributed by atoms with Crippen LogP contribution in [0.5, 0.6) is 5.75 Å². The first kappa shape index (κ1) is 19.7. The normalized spacial score (nSPS) is 10.6. The molecule has 0 bridgehead atoms. The van der Waals surface area contributed by atoms with E-state index in [-0.39, 0.29) is 5.91 Å². The molecule has 1 N–H and O–H groups in total. The molecule has 4 aromatic rings. The van der Waals surface area contributed by atoms with Gasteiger partial charge in [-0.3, -0.25) is 4.79 Å². The number of rotatable bonds is 6. The van der Waals surface area contributed by atoms with Crippen LogP contribution in [0.2, 0.25) is 5.02 Å². The molecule has 1 amide bonds. The van der Waals surface area contributed by atoms with E-state index >= 15 is 0 Å². The standard InChI is InChI=1S/C24H20ClN3O2/c1-30-22-13-9-18(10-14-22)24(29)26-15-19-16-28(21-5-3-2-4-6-21)27-23(19)17-7-11-20(25)12-8-17/h2-14,16H,15H2,1H3,(H,26,29). The molecule has 0 aliphatic carbocycles. The Labute approximate surface area is 179 Å². The van der Waals surface area contributed by atoms with E-state index in [4.69, 9.17) is 21.4 Å². The largest absolute Gasteiger partial charge is 0.497 e. The highest BCUT2D eigenvalue weighted by molar-refractivity contribution is 6.30. The fourth-order valence-electron chi connectivity index (χ4n) is 3.12. The number of nitrogens with zero attached hydrogens (tertiary/aromatic N) is 2. The second kappa shape index (κ2) is 8.84. The van der Waals surface area contributed by atoms with E-state index < -0.39 is 0 Å². The maximum absolute atomic E-state index is 12.6. The summed E-state index contributed by atoms with van der Waals surface area (Å²) >= 11 is 6.04. The Hall–Kier alpha value is -3.57. The van der Waals surface area contributed by atoms with Crippen molar-refractivity contribution in [1.82, 2.24) is 15.1 Å². The minimum absolute atomic E-state index is 0.160. The van der Waals surface area contributed by atoms with Gasteiger partial charge in [0.15, 0.2) is 0 Å². The minimum atomic E-state index is -0.160. The van der Waals surface area contributed by atoms with Crippen LogP contribution in [0.1, 0.15) is 15.9 Å². The van der Waals surface area contributed by atoms with Crippen molar-refractivity contribution in [2.75, 3.05) is 7.11 Å². The van der Waals surface area contributed by atoms with Crippen LogP contribution in [0.25, 0.3) is 16.9 Å². The molecule has 5 nitrogen and oxygen atoms in total. The van der Waals surface area contributed by atoms with E-state index in [9.17, 15) is 4.79 Å². The first-order valence-corrected chi connectivity index (χ1v) is 9.84. The van der Waals surface area contributed by atoms with Gasteiger partial charge in [0.05, 0.1) is 18.5 Å². The van der Waals surface area contributed by atoms with Gasteiger partial charge in [-0.15, -0.1) is 0 Å². The van der Waals surface area contributed by atoms with Gasteiger partial charge in [-0.05, 0) is 48.5 Å². The quantitative estimate of drug-likeness (QED) is 0.473. The summed E-state index contributed by atoms with van der Waals surface area (Å²) in [6, 6.07) is 24.4. The number of carbonyl (C=O) groups excluding carboxylic acids is 1. The number of para-hydroxylation sites is 1. The van der Waals surface area contributed by atoms with Gasteiger partial charge in [-0.25, -0.2) is 4.68 Å². The Morgan fingerprint density at radius 2 is 1.70 bits per heavy atom. The molecule has 1 heterocycles. The van der Waals surface area contributed by atoms with Crippen LogP contribution in [0.15, 0.2) is 85.1 Å². The average Bonchev–Trinajstić information content (AvgIpc) is 3.23. The highest BCUT2D eigenvalue weighted by Crippen LogP contribution is 2.25. The summed E-state index contributed by atoms with van der Waals surface area (Å²) in [7, 11) is 1.60. The Morgan fingerprint density at radius 3 is 2.37 bits per heavy atom. The number of hydrogen-bond acceptors (Lipinski definition) is 3. The number of halogens is 1. The van der Waals surface area contributed by atoms with Crippen molar-refractivity contribution < 1.29 is 9.53 Å². The number of aromatic nitrogens is 2. The van der Waals surface area contributed by atoms with E-state index in [0.717, 1.165) is 22.5 Å². The fraction of sp³-hybridized carbons (Fsp3) is 0.0833. The van der Waals surface area contributed by atoms with Crippen LogP contribution < -0.4 is 10.1 Å². The van der Waals surface area contributed by atoms with Crippen molar-refractivity contribution in [1.29, 1.82) is 0 Å². The lowest BCUT2D eigenvalue weighted by atomic mass is 10.1. The molecule has 0 radical (unpaired) electrons. The number of nitrogens with one attached hydrogen (secondary N) is 1. The summed E-state index contributed by atoms with van der Waals surface area (Å²) in [5, 5.41) is 8.40. The third kappa shape index (κ3) is 4.36. The summed E-state index contributed by atoms with van der Waals surface area (Å²) in [6.45, 7) is 0.343. The predicted octanol–water partition coefficient (Wildman–Crippen LogP) is 5.13. The maximum Gasteiger partial charge on any atom is 0.251 e. The lowest BCUT2D eigenvalue weighted by Crippen LogP contribution is -2.22. The highest BCUT2D eigenvalue weighted by atomic mass is 35.5. The van der Waals surface area contributed by atoms with Gasteiger partial charge in [0.1, 0.15) is 5.75 Å². The molecule has 0 unspecified atom stereocenters. The van der Waals surface area contributed by atoms with Crippen molar-refractivity contribution in [3.05, 3.63) is 101 Å². The van der Waals surface area contributed by atoms with Crippen LogP contribution in [-0.2, 0) is 6.54 Å². The van der Waals surface area contributed by atoms with Gasteiger partial charge in [0.2, 0.25) is 0 Å². The van der Waals surface area contributed by atoms with Crippen molar-refractivity contribution in [3.63, 3.8) is 0 Å². The van der Waals surface area contributed by atoms with Gasteiger partial charge < -0.3 is 10.1 Å². The van der Waals surface area contributed by atoms with E-state index in [1.165, 1.54) is 0 Å². The van der Waals surface area contributed by atoms with Crippen molar-refractivity contribution in [2.45, 2.75) is 6.54 Å². The van der Waals surface area contributed by atoms with Crippen LogP contribution in [0.4, 0.5) is 0 Å². The molecule has 0 aliphatic heterocycles. The van der Waals surface area contributed by atoms with E-state index in [1.807, 2.05) is 65.5 Å². The third-order valence-corrected chi connectivity index (χ3v) is 4.97. The number of ether oxygens (including phenoxy) is 1. The molecule has 0 saturated carbocycles. The molecule has 0 atom stereocenters. The molecular weight excluding hydrogens is 398 g/mol. The second-order valence-corrected chi connectivity index (χ2v) is 7.14. The monoisotopic (exact) mass is 417 g/mol. The molecule has 4 rings (SSSR count). The van der Waals surface area contributed by atoms with Gasteiger partial charge in [-0.2, -0.15) is 5.10 Å². The Morgan fingerprint density at radius 1 is 1.00 bits per heavy atom. The summed E-state index contributed by atoms with van der Waals surface area (Å²) in [4.78, 5) is 12.6. The van der Waals surface area contributed by atoms with Crippen molar-refractivity contribution in [3.8, 4) is 22.7 Å². The average molecular weight is 418 g/mol. The molecular formula is C24H20ClN3O2. The minimum Gasteiger partial charge on any atom is -0.497 e. The Balaban J connectivity index is 1.61. The first-order valence-electron chi connectivity index (χ1n) is 9.46. The summed E-state index contributed by atoms with van der Waals surface area (Å²) in [5.74, 6) is 0.549. The number of amides is 1. The molecule has 3 aromatic carbocycles. The fourth-order valence-corrected chi connectivity index (χ4v) is 3.25. The zero-order valence-corrected chi connectivity index (χ0v) is 17.1. The van der Waals surface area contributed by atoms with Crippen LogP contribution in [-0.4, -0.2) is 22.8 Å². The zero-order chi connectivity index (χ0) is 20.9. The van der Waals surface area contributed by atoms with Gasteiger partial charge in [0, 0.05) is 34.5 Å². The summed E-state index contributed by atoms with van der Waals surface area (Å²) in [5.41, 5.74) is 4.15. The highest BCUT2D eigenvalue weighted by Gasteiger charge is 2.14. The summed E-state index contributed by atoms with van der Waals surface area (Å²) < 4.78 is 6.96. The maximum atomic E-state index is 12.6. The molecule has 0 spiro atoms.